The summed E-state index contributed by atoms with van der Waals surface area (Å²) in [4.78, 5) is 0. The SMILES string of the molecule is C=CCOC(CC(O)C(O)CC)OC. The van der Waals surface area contributed by atoms with Crippen LogP contribution in [0.4, 0.5) is 0 Å². The molecule has 0 aromatic rings. The highest BCUT2D eigenvalue weighted by molar-refractivity contribution is 4.69. The summed E-state index contributed by atoms with van der Waals surface area (Å²) < 4.78 is 10.2. The first kappa shape index (κ1) is 13.6. The van der Waals surface area contributed by atoms with Crippen LogP contribution in [0.25, 0.3) is 0 Å². The summed E-state index contributed by atoms with van der Waals surface area (Å²) in [5, 5.41) is 18.8. The molecule has 4 heteroatoms. The maximum Gasteiger partial charge on any atom is 0.160 e. The zero-order chi connectivity index (χ0) is 11.0. The van der Waals surface area contributed by atoms with Crippen LogP contribution in [0.1, 0.15) is 19.8 Å². The van der Waals surface area contributed by atoms with Gasteiger partial charge in [0.1, 0.15) is 0 Å². The number of aliphatic hydroxyl groups excluding tert-OH is 2. The van der Waals surface area contributed by atoms with Gasteiger partial charge in [-0.05, 0) is 6.42 Å². The van der Waals surface area contributed by atoms with Gasteiger partial charge in [0.25, 0.3) is 0 Å². The van der Waals surface area contributed by atoms with Crippen LogP contribution >= 0.6 is 0 Å². The summed E-state index contributed by atoms with van der Waals surface area (Å²) in [6, 6.07) is 0. The molecular formula is C10H20O4. The topological polar surface area (TPSA) is 58.9 Å². The Labute approximate surface area is 85.1 Å². The Morgan fingerprint density at radius 2 is 2.00 bits per heavy atom. The predicted molar refractivity (Wildman–Crippen MR) is 53.9 cm³/mol. The first-order valence-corrected chi connectivity index (χ1v) is 4.77. The van der Waals surface area contributed by atoms with E-state index in [1.165, 1.54) is 7.11 Å². The Balaban J connectivity index is 3.84. The van der Waals surface area contributed by atoms with E-state index in [-0.39, 0.29) is 6.42 Å². The van der Waals surface area contributed by atoms with Crippen LogP contribution in [0.2, 0.25) is 0 Å². The molecule has 0 saturated heterocycles. The minimum absolute atomic E-state index is 0.263. The van der Waals surface area contributed by atoms with Crippen molar-refractivity contribution in [2.45, 2.75) is 38.3 Å². The van der Waals surface area contributed by atoms with Gasteiger partial charge in [-0.15, -0.1) is 6.58 Å². The number of hydrogen-bond acceptors (Lipinski definition) is 4. The van der Waals surface area contributed by atoms with E-state index in [4.69, 9.17) is 9.47 Å². The standard InChI is InChI=1S/C10H20O4/c1-4-6-14-10(13-3)7-9(12)8(11)5-2/h4,8-12H,1,5-7H2,2-3H3. The normalized spacial score (nSPS) is 17.4. The van der Waals surface area contributed by atoms with E-state index >= 15 is 0 Å². The van der Waals surface area contributed by atoms with Gasteiger partial charge in [0.15, 0.2) is 6.29 Å². The number of ether oxygens (including phenoxy) is 2. The zero-order valence-electron chi connectivity index (χ0n) is 8.85. The lowest BCUT2D eigenvalue weighted by molar-refractivity contribution is -0.144. The average molecular weight is 204 g/mol. The van der Waals surface area contributed by atoms with E-state index in [2.05, 4.69) is 6.58 Å². The zero-order valence-corrected chi connectivity index (χ0v) is 8.85. The lowest BCUT2D eigenvalue weighted by Gasteiger charge is -2.21. The van der Waals surface area contributed by atoms with E-state index < -0.39 is 18.5 Å². The molecular weight excluding hydrogens is 184 g/mol. The maximum absolute atomic E-state index is 9.48. The Kier molecular flexibility index (Phi) is 7.70. The molecule has 0 aliphatic carbocycles. The van der Waals surface area contributed by atoms with E-state index in [1.807, 2.05) is 0 Å². The molecule has 0 radical (unpaired) electrons. The van der Waals surface area contributed by atoms with Crippen LogP contribution in [0, 0.1) is 0 Å². The van der Waals surface area contributed by atoms with Crippen LogP contribution in [-0.2, 0) is 9.47 Å². The van der Waals surface area contributed by atoms with Crippen molar-refractivity contribution in [2.24, 2.45) is 0 Å². The fraction of sp³-hybridized carbons (Fsp3) is 0.800. The lowest BCUT2D eigenvalue weighted by Crippen LogP contribution is -2.31. The number of aliphatic hydroxyl groups is 2. The van der Waals surface area contributed by atoms with E-state index in [0.717, 1.165) is 0 Å². The second-order valence-electron chi connectivity index (χ2n) is 3.07. The molecule has 0 aromatic carbocycles. The van der Waals surface area contributed by atoms with Crippen molar-refractivity contribution in [3.63, 3.8) is 0 Å². The molecule has 3 unspecified atom stereocenters. The molecule has 0 saturated carbocycles. The summed E-state index contributed by atoms with van der Waals surface area (Å²) in [5.74, 6) is 0. The van der Waals surface area contributed by atoms with Gasteiger partial charge < -0.3 is 19.7 Å². The third-order valence-corrected chi connectivity index (χ3v) is 1.96. The number of rotatable bonds is 8. The quantitative estimate of drug-likeness (QED) is 0.451. The third-order valence-electron chi connectivity index (χ3n) is 1.96. The molecule has 2 N–H and O–H groups in total. The summed E-state index contributed by atoms with van der Waals surface area (Å²) in [6.07, 6.45) is 0.353. The van der Waals surface area contributed by atoms with Crippen molar-refractivity contribution in [2.75, 3.05) is 13.7 Å². The Hall–Kier alpha value is -0.420. The molecule has 0 bridgehead atoms. The van der Waals surface area contributed by atoms with E-state index in [0.29, 0.717) is 13.0 Å². The Morgan fingerprint density at radius 3 is 2.43 bits per heavy atom. The van der Waals surface area contributed by atoms with Crippen LogP contribution in [0.3, 0.4) is 0 Å². The van der Waals surface area contributed by atoms with Crippen molar-refractivity contribution in [1.82, 2.24) is 0 Å². The molecule has 0 aliphatic rings. The largest absolute Gasteiger partial charge is 0.390 e. The molecule has 4 nitrogen and oxygen atoms in total. The molecule has 0 aromatic heterocycles. The van der Waals surface area contributed by atoms with Crippen molar-refractivity contribution in [3.05, 3.63) is 12.7 Å². The van der Waals surface area contributed by atoms with Crippen molar-refractivity contribution in [3.8, 4) is 0 Å². The Bertz CT molecular complexity index is 149. The average Bonchev–Trinajstić information content (AvgIpc) is 2.22. The highest BCUT2D eigenvalue weighted by atomic mass is 16.7. The monoisotopic (exact) mass is 204 g/mol. The van der Waals surface area contributed by atoms with Gasteiger partial charge in [-0.3, -0.25) is 0 Å². The lowest BCUT2D eigenvalue weighted by atomic mass is 10.1. The van der Waals surface area contributed by atoms with Gasteiger partial charge in [-0.2, -0.15) is 0 Å². The fourth-order valence-electron chi connectivity index (χ4n) is 1.03. The number of hydrogen-bond donors (Lipinski definition) is 2. The van der Waals surface area contributed by atoms with Crippen LogP contribution in [0.15, 0.2) is 12.7 Å². The summed E-state index contributed by atoms with van der Waals surface area (Å²) in [7, 11) is 1.50. The van der Waals surface area contributed by atoms with Crippen LogP contribution in [-0.4, -0.2) is 42.4 Å². The van der Waals surface area contributed by atoms with Crippen molar-refractivity contribution < 1.29 is 19.7 Å². The summed E-state index contributed by atoms with van der Waals surface area (Å²) in [6.45, 7) is 5.68. The molecule has 3 atom stereocenters. The van der Waals surface area contributed by atoms with Gasteiger partial charge in [0.2, 0.25) is 0 Å². The minimum atomic E-state index is -0.810. The fourth-order valence-corrected chi connectivity index (χ4v) is 1.03. The van der Waals surface area contributed by atoms with Crippen LogP contribution < -0.4 is 0 Å². The molecule has 0 fully saturated rings. The predicted octanol–water partition coefficient (Wildman–Crippen LogP) is 0.683. The second-order valence-corrected chi connectivity index (χ2v) is 3.07. The van der Waals surface area contributed by atoms with Gasteiger partial charge in [-0.25, -0.2) is 0 Å². The first-order chi connectivity index (χ1) is 6.65. The first-order valence-electron chi connectivity index (χ1n) is 4.77. The van der Waals surface area contributed by atoms with Gasteiger partial charge in [0.05, 0.1) is 18.8 Å². The third kappa shape index (κ3) is 5.34. The van der Waals surface area contributed by atoms with E-state index in [1.54, 1.807) is 13.0 Å². The molecule has 84 valence electrons. The molecule has 0 heterocycles. The van der Waals surface area contributed by atoms with Crippen molar-refractivity contribution >= 4 is 0 Å². The molecule has 0 rings (SSSR count). The highest BCUT2D eigenvalue weighted by Gasteiger charge is 2.19. The van der Waals surface area contributed by atoms with Gasteiger partial charge in [-0.1, -0.05) is 13.0 Å². The maximum atomic E-state index is 9.48. The molecule has 14 heavy (non-hydrogen) atoms. The van der Waals surface area contributed by atoms with Gasteiger partial charge in [0, 0.05) is 13.5 Å². The molecule has 0 amide bonds. The smallest absolute Gasteiger partial charge is 0.160 e. The summed E-state index contributed by atoms with van der Waals surface area (Å²) in [5.41, 5.74) is 0. The number of methoxy groups -OCH3 is 1. The van der Waals surface area contributed by atoms with Gasteiger partial charge >= 0.3 is 0 Å². The second kappa shape index (κ2) is 7.94. The van der Waals surface area contributed by atoms with Crippen LogP contribution in [0.5, 0.6) is 0 Å². The highest BCUT2D eigenvalue weighted by Crippen LogP contribution is 2.09. The Morgan fingerprint density at radius 1 is 1.36 bits per heavy atom. The summed E-state index contributed by atoms with van der Waals surface area (Å²) >= 11 is 0. The van der Waals surface area contributed by atoms with Crippen molar-refractivity contribution in [1.29, 1.82) is 0 Å². The molecule has 0 aliphatic heterocycles. The molecule has 0 spiro atoms. The van der Waals surface area contributed by atoms with E-state index in [9.17, 15) is 10.2 Å². The minimum Gasteiger partial charge on any atom is -0.390 e.